The third-order valence-electron chi connectivity index (χ3n) is 1.84. The number of nitrogens with one attached hydrogen (secondary N) is 1. The van der Waals surface area contributed by atoms with Crippen LogP contribution in [0.2, 0.25) is 0 Å². The van der Waals surface area contributed by atoms with Gasteiger partial charge in [-0.05, 0) is 31.8 Å². The summed E-state index contributed by atoms with van der Waals surface area (Å²) >= 11 is 0. The maximum atomic E-state index is 8.68. The van der Waals surface area contributed by atoms with Crippen LogP contribution in [0.3, 0.4) is 0 Å². The zero-order valence-electron chi connectivity index (χ0n) is 7.28. The van der Waals surface area contributed by atoms with E-state index in [-0.39, 0.29) is 5.41 Å². The van der Waals surface area contributed by atoms with E-state index >= 15 is 0 Å². The van der Waals surface area contributed by atoms with Gasteiger partial charge in [-0.2, -0.15) is 0 Å². The molecule has 0 aliphatic heterocycles. The van der Waals surface area contributed by atoms with E-state index in [1.165, 1.54) is 0 Å². The van der Waals surface area contributed by atoms with E-state index in [2.05, 4.69) is 19.2 Å². The van der Waals surface area contributed by atoms with Crippen LogP contribution in [-0.4, -0.2) is 25.3 Å². The lowest BCUT2D eigenvalue weighted by Gasteiger charge is -2.22. The van der Waals surface area contributed by atoms with Crippen molar-refractivity contribution in [1.82, 2.24) is 5.32 Å². The van der Waals surface area contributed by atoms with Crippen LogP contribution in [0.4, 0.5) is 0 Å². The summed E-state index contributed by atoms with van der Waals surface area (Å²) in [5, 5.41) is 11.8. The molecule has 0 aromatic heterocycles. The molecule has 0 saturated heterocycles. The number of aliphatic hydroxyl groups excluding tert-OH is 1. The molecule has 0 atom stereocenters. The molecule has 0 spiro atoms. The molecule has 0 aromatic carbocycles. The highest BCUT2D eigenvalue weighted by Crippen LogP contribution is 2.23. The third-order valence-corrected chi connectivity index (χ3v) is 1.84. The Morgan fingerprint density at radius 3 is 2.30 bits per heavy atom. The van der Waals surface area contributed by atoms with Crippen molar-refractivity contribution in [1.29, 1.82) is 0 Å². The molecule has 10 heavy (non-hydrogen) atoms. The van der Waals surface area contributed by atoms with Crippen molar-refractivity contribution < 1.29 is 5.11 Å². The van der Waals surface area contributed by atoms with Crippen LogP contribution >= 0.6 is 0 Å². The van der Waals surface area contributed by atoms with E-state index in [9.17, 15) is 0 Å². The molecule has 0 aromatic rings. The molecule has 62 valence electrons. The molecule has 0 unspecified atom stereocenters. The fourth-order valence-corrected chi connectivity index (χ4v) is 0.891. The first-order valence-corrected chi connectivity index (χ1v) is 3.88. The molecule has 0 heterocycles. The zero-order valence-corrected chi connectivity index (χ0v) is 7.28. The summed E-state index contributed by atoms with van der Waals surface area (Å²) in [5.41, 5.74) is 0.289. The van der Waals surface area contributed by atoms with Crippen molar-refractivity contribution in [3.63, 3.8) is 0 Å². The second kappa shape index (κ2) is 4.69. The Morgan fingerprint density at radius 1 is 1.30 bits per heavy atom. The van der Waals surface area contributed by atoms with Gasteiger partial charge in [0.25, 0.3) is 0 Å². The fraction of sp³-hybridized carbons (Fsp3) is 1.00. The Morgan fingerprint density at radius 2 is 1.90 bits per heavy atom. The predicted octanol–water partition coefficient (Wildman–Crippen LogP) is 1.00. The molecule has 0 bridgehead atoms. The first kappa shape index (κ1) is 9.92. The van der Waals surface area contributed by atoms with E-state index in [1.807, 2.05) is 7.05 Å². The van der Waals surface area contributed by atoms with Crippen LogP contribution in [0.1, 0.15) is 26.7 Å². The molecule has 2 nitrogen and oxygen atoms in total. The SMILES string of the molecule is CNCCC(C)(C)CCO. The lowest BCUT2D eigenvalue weighted by Crippen LogP contribution is -2.20. The van der Waals surface area contributed by atoms with E-state index in [0.29, 0.717) is 6.61 Å². The van der Waals surface area contributed by atoms with Crippen LogP contribution in [0, 0.1) is 5.41 Å². The van der Waals surface area contributed by atoms with Gasteiger partial charge in [0.2, 0.25) is 0 Å². The van der Waals surface area contributed by atoms with Crippen molar-refractivity contribution in [2.75, 3.05) is 20.2 Å². The van der Waals surface area contributed by atoms with Crippen molar-refractivity contribution in [3.05, 3.63) is 0 Å². The standard InChI is InChI=1S/C8H19NO/c1-8(2,5-7-10)4-6-9-3/h9-10H,4-7H2,1-3H3. The van der Waals surface area contributed by atoms with Crippen LogP contribution in [0.25, 0.3) is 0 Å². The van der Waals surface area contributed by atoms with Gasteiger partial charge in [-0.1, -0.05) is 13.8 Å². The van der Waals surface area contributed by atoms with Crippen LogP contribution < -0.4 is 5.32 Å². The van der Waals surface area contributed by atoms with Gasteiger partial charge in [0.05, 0.1) is 0 Å². The van der Waals surface area contributed by atoms with Crippen molar-refractivity contribution in [2.24, 2.45) is 5.41 Å². The minimum absolute atomic E-state index is 0.289. The first-order valence-electron chi connectivity index (χ1n) is 3.88. The van der Waals surface area contributed by atoms with Gasteiger partial charge >= 0.3 is 0 Å². The lowest BCUT2D eigenvalue weighted by atomic mass is 9.86. The number of rotatable bonds is 5. The summed E-state index contributed by atoms with van der Waals surface area (Å²) in [4.78, 5) is 0. The molecular weight excluding hydrogens is 126 g/mol. The molecular formula is C8H19NO. The van der Waals surface area contributed by atoms with Crippen LogP contribution in [0.15, 0.2) is 0 Å². The molecule has 0 amide bonds. The maximum absolute atomic E-state index is 8.68. The summed E-state index contributed by atoms with van der Waals surface area (Å²) in [6.45, 7) is 5.70. The molecule has 0 aliphatic carbocycles. The topological polar surface area (TPSA) is 32.3 Å². The van der Waals surface area contributed by atoms with Crippen molar-refractivity contribution in [3.8, 4) is 0 Å². The van der Waals surface area contributed by atoms with E-state index in [1.54, 1.807) is 0 Å². The van der Waals surface area contributed by atoms with Crippen LogP contribution in [0.5, 0.6) is 0 Å². The Labute approximate surface area is 63.6 Å². The largest absolute Gasteiger partial charge is 0.396 e. The fourth-order valence-electron chi connectivity index (χ4n) is 0.891. The molecule has 0 saturated carbocycles. The second-order valence-electron chi connectivity index (χ2n) is 3.49. The van der Waals surface area contributed by atoms with Crippen molar-refractivity contribution >= 4 is 0 Å². The highest BCUT2D eigenvalue weighted by atomic mass is 16.3. The predicted molar refractivity (Wildman–Crippen MR) is 44.0 cm³/mol. The van der Waals surface area contributed by atoms with Gasteiger partial charge in [-0.3, -0.25) is 0 Å². The summed E-state index contributed by atoms with van der Waals surface area (Å²) in [6.07, 6.45) is 2.03. The van der Waals surface area contributed by atoms with Gasteiger partial charge < -0.3 is 10.4 Å². The first-order chi connectivity index (χ1) is 4.62. The van der Waals surface area contributed by atoms with Crippen molar-refractivity contribution in [2.45, 2.75) is 26.7 Å². The summed E-state index contributed by atoms with van der Waals surface area (Å²) in [6, 6.07) is 0. The normalized spacial score (nSPS) is 12.0. The summed E-state index contributed by atoms with van der Waals surface area (Å²) < 4.78 is 0. The van der Waals surface area contributed by atoms with Gasteiger partial charge in [0.15, 0.2) is 0 Å². The number of aliphatic hydroxyl groups is 1. The quantitative estimate of drug-likeness (QED) is 0.605. The molecule has 0 rings (SSSR count). The number of hydrogen-bond donors (Lipinski definition) is 2. The molecule has 0 aliphatic rings. The average molecular weight is 145 g/mol. The highest BCUT2D eigenvalue weighted by molar-refractivity contribution is 4.68. The monoisotopic (exact) mass is 145 g/mol. The Hall–Kier alpha value is -0.0800. The average Bonchev–Trinajstić information content (AvgIpc) is 1.84. The van der Waals surface area contributed by atoms with E-state index in [4.69, 9.17) is 5.11 Å². The Bertz CT molecular complexity index is 81.3. The summed E-state index contributed by atoms with van der Waals surface area (Å²) in [5.74, 6) is 0. The van der Waals surface area contributed by atoms with Gasteiger partial charge in [0, 0.05) is 6.61 Å². The van der Waals surface area contributed by atoms with E-state index in [0.717, 1.165) is 19.4 Å². The lowest BCUT2D eigenvalue weighted by molar-refractivity contribution is 0.202. The third kappa shape index (κ3) is 4.77. The molecule has 2 heteroatoms. The second-order valence-corrected chi connectivity index (χ2v) is 3.49. The molecule has 2 N–H and O–H groups in total. The minimum Gasteiger partial charge on any atom is -0.396 e. The van der Waals surface area contributed by atoms with E-state index < -0.39 is 0 Å². The maximum Gasteiger partial charge on any atom is 0.0436 e. The minimum atomic E-state index is 0.289. The highest BCUT2D eigenvalue weighted by Gasteiger charge is 2.15. The molecule has 0 radical (unpaired) electrons. The Balaban J connectivity index is 3.42. The smallest absolute Gasteiger partial charge is 0.0436 e. The van der Waals surface area contributed by atoms with Gasteiger partial charge in [0.1, 0.15) is 0 Å². The van der Waals surface area contributed by atoms with Gasteiger partial charge in [-0.25, -0.2) is 0 Å². The van der Waals surface area contributed by atoms with Gasteiger partial charge in [-0.15, -0.1) is 0 Å². The zero-order chi connectivity index (χ0) is 8.04. The number of hydrogen-bond acceptors (Lipinski definition) is 2. The molecule has 0 fully saturated rings. The Kier molecular flexibility index (Phi) is 4.65. The summed E-state index contributed by atoms with van der Waals surface area (Å²) in [7, 11) is 1.95. The van der Waals surface area contributed by atoms with Crippen LogP contribution in [-0.2, 0) is 0 Å².